The average Bonchev–Trinajstić information content (AvgIpc) is 2.82. The van der Waals surface area contributed by atoms with Crippen molar-refractivity contribution in [2.45, 2.75) is 46.8 Å². The third-order valence-electron chi connectivity index (χ3n) is 5.92. The quantitative estimate of drug-likeness (QED) is 0.501. The first-order valence-corrected chi connectivity index (χ1v) is 11.5. The van der Waals surface area contributed by atoms with E-state index in [1.165, 1.54) is 0 Å². The Bertz CT molecular complexity index is 1060. The molecular weight excluding hydrogens is 412 g/mol. The van der Waals surface area contributed by atoms with Crippen LogP contribution in [0.3, 0.4) is 0 Å². The summed E-state index contributed by atoms with van der Waals surface area (Å²) in [5.41, 5.74) is 5.71. The van der Waals surface area contributed by atoms with Crippen LogP contribution in [0.25, 0.3) is 11.3 Å². The van der Waals surface area contributed by atoms with Crippen LogP contribution < -0.4 is 5.32 Å². The molecule has 0 saturated heterocycles. The first-order valence-electron chi connectivity index (χ1n) is 11.5. The highest BCUT2D eigenvalue weighted by Crippen LogP contribution is 2.26. The fourth-order valence-electron chi connectivity index (χ4n) is 3.69. The number of carbonyl (C=O) groups is 1. The van der Waals surface area contributed by atoms with Crippen molar-refractivity contribution < 1.29 is 9.90 Å². The van der Waals surface area contributed by atoms with Gasteiger partial charge >= 0.3 is 0 Å². The van der Waals surface area contributed by atoms with Crippen LogP contribution in [0.1, 0.15) is 65.7 Å². The van der Waals surface area contributed by atoms with E-state index in [2.05, 4.69) is 34.0 Å². The van der Waals surface area contributed by atoms with Crippen molar-refractivity contribution in [3.05, 3.63) is 82.8 Å². The van der Waals surface area contributed by atoms with Gasteiger partial charge in [0.15, 0.2) is 0 Å². The maximum absolute atomic E-state index is 13.2. The number of aromatic nitrogens is 2. The van der Waals surface area contributed by atoms with Crippen molar-refractivity contribution in [2.24, 2.45) is 0 Å². The smallest absolute Gasteiger partial charge is 0.251 e. The van der Waals surface area contributed by atoms with Gasteiger partial charge in [0.25, 0.3) is 5.91 Å². The normalized spacial score (nSPS) is 13.1. The Labute approximate surface area is 196 Å². The number of aliphatic hydroxyl groups excluding tert-OH is 1. The topological polar surface area (TPSA) is 78.4 Å². The van der Waals surface area contributed by atoms with E-state index in [0.717, 1.165) is 41.2 Å². The van der Waals surface area contributed by atoms with E-state index in [4.69, 9.17) is 0 Å². The number of nitrogens with one attached hydrogen (secondary N) is 1. The SMILES string of the molecule is CCN(CC)CC(O)c1cc(C(=O)NC(C)c2ccc(C)nc2)cc(-c2ccc(C)cn2)c1. The van der Waals surface area contributed by atoms with Crippen LogP contribution in [-0.4, -0.2) is 45.5 Å². The number of nitrogens with zero attached hydrogens (tertiary/aromatic N) is 3. The fourth-order valence-corrected chi connectivity index (χ4v) is 3.69. The van der Waals surface area contributed by atoms with Gasteiger partial charge in [-0.15, -0.1) is 0 Å². The number of aryl methyl sites for hydroxylation is 2. The highest BCUT2D eigenvalue weighted by Gasteiger charge is 2.18. The van der Waals surface area contributed by atoms with Crippen LogP contribution in [0.4, 0.5) is 0 Å². The molecule has 33 heavy (non-hydrogen) atoms. The van der Waals surface area contributed by atoms with Gasteiger partial charge in [-0.2, -0.15) is 0 Å². The van der Waals surface area contributed by atoms with Crippen molar-refractivity contribution in [2.75, 3.05) is 19.6 Å². The lowest BCUT2D eigenvalue weighted by Gasteiger charge is -2.23. The summed E-state index contributed by atoms with van der Waals surface area (Å²) in [6, 6.07) is 13.2. The molecule has 0 radical (unpaired) electrons. The number of amides is 1. The van der Waals surface area contributed by atoms with Gasteiger partial charge in [0.05, 0.1) is 17.8 Å². The molecular formula is C27H34N4O2. The molecule has 0 aliphatic rings. The van der Waals surface area contributed by atoms with Crippen LogP contribution in [0.15, 0.2) is 54.9 Å². The molecule has 0 spiro atoms. The first-order chi connectivity index (χ1) is 15.8. The molecule has 3 rings (SSSR count). The Kier molecular flexibility index (Phi) is 8.31. The molecule has 0 fully saturated rings. The van der Waals surface area contributed by atoms with Gasteiger partial charge in [-0.3, -0.25) is 14.8 Å². The molecule has 2 unspecified atom stereocenters. The zero-order valence-electron chi connectivity index (χ0n) is 20.2. The van der Waals surface area contributed by atoms with Crippen molar-refractivity contribution in [1.82, 2.24) is 20.2 Å². The molecule has 1 amide bonds. The summed E-state index contributed by atoms with van der Waals surface area (Å²) in [7, 11) is 0. The minimum Gasteiger partial charge on any atom is -0.387 e. The molecule has 0 bridgehead atoms. The van der Waals surface area contributed by atoms with Crippen LogP contribution in [0, 0.1) is 13.8 Å². The Balaban J connectivity index is 1.93. The third kappa shape index (κ3) is 6.46. The average molecular weight is 447 g/mol. The number of rotatable bonds is 9. The molecule has 2 heterocycles. The third-order valence-corrected chi connectivity index (χ3v) is 5.92. The van der Waals surface area contributed by atoms with E-state index in [1.54, 1.807) is 18.5 Å². The van der Waals surface area contributed by atoms with E-state index in [9.17, 15) is 9.90 Å². The van der Waals surface area contributed by atoms with Gasteiger partial charge in [-0.05, 0) is 80.9 Å². The Morgan fingerprint density at radius 3 is 2.36 bits per heavy atom. The van der Waals surface area contributed by atoms with E-state index in [-0.39, 0.29) is 11.9 Å². The van der Waals surface area contributed by atoms with Gasteiger partial charge in [0.1, 0.15) is 0 Å². The molecule has 2 aromatic heterocycles. The first kappa shape index (κ1) is 24.6. The highest BCUT2D eigenvalue weighted by molar-refractivity contribution is 5.96. The molecule has 6 heteroatoms. The summed E-state index contributed by atoms with van der Waals surface area (Å²) in [5, 5.41) is 14.0. The standard InChI is InChI=1S/C27H34N4O2/c1-6-31(7-2)17-26(32)23-12-22(25-11-8-18(3)15-29-25)13-24(14-23)27(33)30-20(5)21-10-9-19(4)28-16-21/h8-16,20,26,32H,6-7,17H2,1-5H3,(H,30,33). The van der Waals surface area contributed by atoms with Crippen LogP contribution in [0.2, 0.25) is 0 Å². The Morgan fingerprint density at radius 2 is 1.76 bits per heavy atom. The molecule has 2 atom stereocenters. The second-order valence-corrected chi connectivity index (χ2v) is 8.49. The molecule has 0 saturated carbocycles. The van der Waals surface area contributed by atoms with Crippen molar-refractivity contribution >= 4 is 5.91 Å². The Hall–Kier alpha value is -3.09. The van der Waals surface area contributed by atoms with Gasteiger partial charge in [-0.1, -0.05) is 26.0 Å². The number of benzene rings is 1. The number of hydrogen-bond acceptors (Lipinski definition) is 5. The summed E-state index contributed by atoms with van der Waals surface area (Å²) < 4.78 is 0. The second kappa shape index (κ2) is 11.2. The zero-order chi connectivity index (χ0) is 24.0. The van der Waals surface area contributed by atoms with Gasteiger partial charge < -0.3 is 15.3 Å². The molecule has 2 N–H and O–H groups in total. The highest BCUT2D eigenvalue weighted by atomic mass is 16.3. The lowest BCUT2D eigenvalue weighted by molar-refractivity contribution is 0.0939. The molecule has 3 aromatic rings. The predicted molar refractivity (Wildman–Crippen MR) is 132 cm³/mol. The van der Waals surface area contributed by atoms with Crippen molar-refractivity contribution in [3.63, 3.8) is 0 Å². The van der Waals surface area contributed by atoms with Crippen LogP contribution in [0.5, 0.6) is 0 Å². The number of likely N-dealkylation sites (N-methyl/N-ethyl adjacent to an activating group) is 1. The molecule has 0 aliphatic heterocycles. The maximum atomic E-state index is 13.2. The Morgan fingerprint density at radius 1 is 1.00 bits per heavy atom. The predicted octanol–water partition coefficient (Wildman–Crippen LogP) is 4.63. The van der Waals surface area contributed by atoms with E-state index in [0.29, 0.717) is 17.7 Å². The van der Waals surface area contributed by atoms with E-state index >= 15 is 0 Å². The van der Waals surface area contributed by atoms with Crippen molar-refractivity contribution in [1.29, 1.82) is 0 Å². The fraction of sp³-hybridized carbons (Fsp3) is 0.370. The van der Waals surface area contributed by atoms with Crippen LogP contribution in [-0.2, 0) is 0 Å². The molecule has 1 aromatic carbocycles. The van der Waals surface area contributed by atoms with Gasteiger partial charge in [-0.25, -0.2) is 0 Å². The summed E-state index contributed by atoms with van der Waals surface area (Å²) in [6.45, 7) is 12.2. The van der Waals surface area contributed by atoms with E-state index in [1.807, 2.05) is 57.2 Å². The van der Waals surface area contributed by atoms with Crippen molar-refractivity contribution in [3.8, 4) is 11.3 Å². The number of aliphatic hydroxyl groups is 1. The minimum atomic E-state index is -0.708. The summed E-state index contributed by atoms with van der Waals surface area (Å²) in [6.07, 6.45) is 2.88. The molecule has 174 valence electrons. The maximum Gasteiger partial charge on any atom is 0.251 e. The summed E-state index contributed by atoms with van der Waals surface area (Å²) >= 11 is 0. The lowest BCUT2D eigenvalue weighted by Crippen LogP contribution is -2.29. The zero-order valence-corrected chi connectivity index (χ0v) is 20.2. The van der Waals surface area contributed by atoms with Crippen LogP contribution >= 0.6 is 0 Å². The monoisotopic (exact) mass is 446 g/mol. The van der Waals surface area contributed by atoms with Gasteiger partial charge in [0.2, 0.25) is 0 Å². The second-order valence-electron chi connectivity index (χ2n) is 8.49. The minimum absolute atomic E-state index is 0.198. The molecule has 6 nitrogen and oxygen atoms in total. The lowest BCUT2D eigenvalue weighted by atomic mass is 9.98. The number of pyridine rings is 2. The largest absolute Gasteiger partial charge is 0.387 e. The van der Waals surface area contributed by atoms with E-state index < -0.39 is 6.10 Å². The summed E-state index contributed by atoms with van der Waals surface area (Å²) in [5.74, 6) is -0.201. The number of hydrogen-bond donors (Lipinski definition) is 2. The van der Waals surface area contributed by atoms with Gasteiger partial charge in [0, 0.05) is 35.8 Å². The molecule has 0 aliphatic carbocycles. The number of carbonyl (C=O) groups excluding carboxylic acids is 1. The summed E-state index contributed by atoms with van der Waals surface area (Å²) in [4.78, 5) is 24.2.